The highest BCUT2D eigenvalue weighted by Crippen LogP contribution is 2.20. The van der Waals surface area contributed by atoms with Gasteiger partial charge in [0.1, 0.15) is 30.7 Å². The van der Waals surface area contributed by atoms with Crippen molar-refractivity contribution in [1.82, 2.24) is 36.9 Å². The van der Waals surface area contributed by atoms with Gasteiger partial charge in [-0.15, -0.1) is 0 Å². The highest BCUT2D eigenvalue weighted by Gasteiger charge is 2.31. The molecule has 0 spiro atoms. The van der Waals surface area contributed by atoms with Crippen LogP contribution in [0.25, 0.3) is 10.9 Å². The average Bonchev–Trinajstić information content (AvgIpc) is 3.59. The first-order valence-corrected chi connectivity index (χ1v) is 20.8. The van der Waals surface area contributed by atoms with Gasteiger partial charge in [0.2, 0.25) is 35.4 Å². The fourth-order valence-electron chi connectivity index (χ4n) is 6.25. The summed E-state index contributed by atoms with van der Waals surface area (Å²) < 4.78 is 0. The molecule has 10 N–H and O–H groups in total. The molecule has 17 heteroatoms. The minimum absolute atomic E-state index is 0.00963. The van der Waals surface area contributed by atoms with Gasteiger partial charge < -0.3 is 47.7 Å². The summed E-state index contributed by atoms with van der Waals surface area (Å²) in [6, 6.07) is 11.4. The van der Waals surface area contributed by atoms with Crippen molar-refractivity contribution < 1.29 is 38.7 Å². The Morgan fingerprint density at radius 1 is 0.672 bits per heavy atom. The number of carboxylic acids is 1. The summed E-state index contributed by atoms with van der Waals surface area (Å²) in [7, 11) is 0. The molecule has 0 saturated heterocycles. The van der Waals surface area contributed by atoms with E-state index in [-0.39, 0.29) is 43.9 Å². The first-order chi connectivity index (χ1) is 27.6. The molecule has 1 heterocycles. The normalized spacial score (nSPS) is 13.8. The maximum absolute atomic E-state index is 14.1. The number of amides is 6. The van der Waals surface area contributed by atoms with E-state index in [2.05, 4.69) is 36.9 Å². The Morgan fingerprint density at radius 2 is 1.22 bits per heavy atom. The summed E-state index contributed by atoms with van der Waals surface area (Å²) in [5.74, 6) is -4.62. The van der Waals surface area contributed by atoms with Crippen molar-refractivity contribution in [3.8, 4) is 0 Å². The topological polar surface area (TPSA) is 254 Å². The van der Waals surface area contributed by atoms with Crippen molar-refractivity contribution in [3.63, 3.8) is 0 Å². The van der Waals surface area contributed by atoms with Crippen molar-refractivity contribution in [2.75, 3.05) is 25.1 Å². The summed E-state index contributed by atoms with van der Waals surface area (Å²) in [6.45, 7) is 6.36. The van der Waals surface area contributed by atoms with Crippen molar-refractivity contribution in [2.45, 2.75) is 90.0 Å². The molecule has 2 aromatic carbocycles. The lowest BCUT2D eigenvalue weighted by atomic mass is 10.00. The van der Waals surface area contributed by atoms with Crippen LogP contribution in [0.4, 0.5) is 0 Å². The third kappa shape index (κ3) is 15.8. The number of thioether (sulfide) groups is 1. The van der Waals surface area contributed by atoms with Crippen molar-refractivity contribution in [3.05, 3.63) is 71.9 Å². The van der Waals surface area contributed by atoms with E-state index >= 15 is 0 Å². The predicted octanol–water partition coefficient (Wildman–Crippen LogP) is 1.38. The number of carbonyl (C=O) groups excluding carboxylic acids is 6. The molecule has 0 radical (unpaired) electrons. The molecule has 16 nitrogen and oxygen atoms in total. The van der Waals surface area contributed by atoms with Crippen LogP contribution in [0.5, 0.6) is 0 Å². The van der Waals surface area contributed by atoms with Crippen LogP contribution in [0.15, 0.2) is 60.8 Å². The maximum atomic E-state index is 14.1. The molecule has 0 aliphatic rings. The number of aromatic amines is 1. The molecule has 58 heavy (non-hydrogen) atoms. The van der Waals surface area contributed by atoms with Crippen LogP contribution in [0.3, 0.4) is 0 Å². The first kappa shape index (κ1) is 47.0. The number of hydrogen-bond acceptors (Lipinski definition) is 9. The number of para-hydroxylation sites is 1. The molecule has 1 aromatic heterocycles. The molecule has 3 rings (SSSR count). The SMILES string of the molecule is CSCC[C@H](NC(=O)[C@H](CC(C)C)NC(=O)[C@H](Cc1c[nH]c2ccccc12)NC(=O)CNC(=O)[C@H](CC(C)C)NC(=O)[C@@H](N)Cc1ccccc1)C(=O)NCC(=O)O. The standard InChI is InChI=1S/C41H58N8O8S/c1-24(2)17-32(48-37(53)29(42)19-26-11-7-6-8-12-26)39(55)44-22-35(50)46-34(20-27-21-43-30-14-10-9-13-28(27)30)41(57)49-33(18-25(3)4)40(56)47-31(15-16-58-5)38(54)45-23-36(51)52/h6-14,21,24-25,29,31-34,43H,15-20,22-23,42H2,1-5H3,(H,44,55)(H,45,54)(H,46,50)(H,47,56)(H,48,53)(H,49,57)(H,51,52)/t29-,31-,32-,33-,34-/m0/s1. The molecule has 0 aliphatic carbocycles. The minimum Gasteiger partial charge on any atom is -0.480 e. The van der Waals surface area contributed by atoms with Crippen LogP contribution in [0.2, 0.25) is 0 Å². The summed E-state index contributed by atoms with van der Waals surface area (Å²) in [6.07, 6.45) is 4.53. The largest absolute Gasteiger partial charge is 0.480 e. The van der Waals surface area contributed by atoms with Gasteiger partial charge in [0.25, 0.3) is 0 Å². The van der Waals surface area contributed by atoms with E-state index in [0.717, 1.165) is 16.5 Å². The highest BCUT2D eigenvalue weighted by molar-refractivity contribution is 7.98. The summed E-state index contributed by atoms with van der Waals surface area (Å²) >= 11 is 1.44. The molecule has 3 aromatic rings. The number of aromatic nitrogens is 1. The molecule has 0 aliphatic heterocycles. The number of hydrogen-bond donors (Lipinski definition) is 9. The molecule has 316 valence electrons. The van der Waals surface area contributed by atoms with Gasteiger partial charge in [-0.25, -0.2) is 0 Å². The zero-order valence-electron chi connectivity index (χ0n) is 33.8. The lowest BCUT2D eigenvalue weighted by Gasteiger charge is -2.26. The van der Waals surface area contributed by atoms with Gasteiger partial charge in [-0.3, -0.25) is 33.6 Å². The Bertz CT molecular complexity index is 1850. The van der Waals surface area contributed by atoms with Crippen molar-refractivity contribution >= 4 is 64.1 Å². The van der Waals surface area contributed by atoms with Crippen LogP contribution >= 0.6 is 11.8 Å². The van der Waals surface area contributed by atoms with Gasteiger partial charge in [0.05, 0.1) is 12.6 Å². The Hall–Kier alpha value is -5.42. The summed E-state index contributed by atoms with van der Waals surface area (Å²) in [4.78, 5) is 94.7. The Balaban J connectivity index is 1.77. The van der Waals surface area contributed by atoms with Crippen LogP contribution in [-0.2, 0) is 46.4 Å². The van der Waals surface area contributed by atoms with E-state index in [1.165, 1.54) is 11.8 Å². The lowest BCUT2D eigenvalue weighted by Crippen LogP contribution is -2.58. The fourth-order valence-corrected chi connectivity index (χ4v) is 6.72. The average molecular weight is 823 g/mol. The summed E-state index contributed by atoms with van der Waals surface area (Å²) in [5.41, 5.74) is 8.56. The van der Waals surface area contributed by atoms with Gasteiger partial charge in [0.15, 0.2) is 0 Å². The number of benzene rings is 2. The second kappa shape index (κ2) is 23.7. The fraction of sp³-hybridized carbons (Fsp3) is 0.488. The Morgan fingerprint density at radius 3 is 1.86 bits per heavy atom. The Kier molecular flexibility index (Phi) is 19.2. The van der Waals surface area contributed by atoms with Crippen LogP contribution in [0, 0.1) is 11.8 Å². The molecule has 0 bridgehead atoms. The van der Waals surface area contributed by atoms with Gasteiger partial charge in [0, 0.05) is 23.5 Å². The van der Waals surface area contributed by atoms with Crippen LogP contribution in [0.1, 0.15) is 58.1 Å². The van der Waals surface area contributed by atoms with E-state index < -0.39 is 84.7 Å². The first-order valence-electron chi connectivity index (χ1n) is 19.4. The van der Waals surface area contributed by atoms with E-state index in [4.69, 9.17) is 10.8 Å². The van der Waals surface area contributed by atoms with Crippen molar-refractivity contribution in [2.24, 2.45) is 17.6 Å². The van der Waals surface area contributed by atoms with E-state index in [1.54, 1.807) is 6.20 Å². The number of nitrogens with two attached hydrogens (primary N) is 1. The number of H-pyrrole nitrogens is 1. The van der Waals surface area contributed by atoms with Gasteiger partial charge >= 0.3 is 5.97 Å². The third-order valence-corrected chi connectivity index (χ3v) is 9.79. The molecule has 0 unspecified atom stereocenters. The highest BCUT2D eigenvalue weighted by atomic mass is 32.2. The molecule has 6 amide bonds. The number of fused-ring (bicyclic) bond motifs is 1. The number of aliphatic carboxylic acids is 1. The van der Waals surface area contributed by atoms with Gasteiger partial charge in [-0.1, -0.05) is 76.2 Å². The Labute approximate surface area is 343 Å². The monoisotopic (exact) mass is 822 g/mol. The number of carbonyl (C=O) groups is 7. The summed E-state index contributed by atoms with van der Waals surface area (Å²) in [5, 5.41) is 25.6. The zero-order valence-corrected chi connectivity index (χ0v) is 34.6. The van der Waals surface area contributed by atoms with Crippen LogP contribution in [-0.4, -0.2) is 107 Å². The van der Waals surface area contributed by atoms with E-state index in [9.17, 15) is 33.6 Å². The third-order valence-electron chi connectivity index (χ3n) is 9.15. The van der Waals surface area contributed by atoms with E-state index in [0.29, 0.717) is 11.3 Å². The molecular weight excluding hydrogens is 765 g/mol. The maximum Gasteiger partial charge on any atom is 0.322 e. The molecular formula is C41H58N8O8S. The van der Waals surface area contributed by atoms with Crippen molar-refractivity contribution in [1.29, 1.82) is 0 Å². The number of carboxylic acid groups (broad SMARTS) is 1. The predicted molar refractivity (Wildman–Crippen MR) is 223 cm³/mol. The second-order valence-corrected chi connectivity index (χ2v) is 16.0. The minimum atomic E-state index is -1.24. The zero-order chi connectivity index (χ0) is 42.8. The van der Waals surface area contributed by atoms with Gasteiger partial charge in [-0.05, 0) is 66.7 Å². The molecule has 0 saturated carbocycles. The number of nitrogens with one attached hydrogen (secondary N) is 7. The van der Waals surface area contributed by atoms with Crippen LogP contribution < -0.4 is 37.6 Å². The van der Waals surface area contributed by atoms with Gasteiger partial charge in [-0.2, -0.15) is 11.8 Å². The molecule has 5 atom stereocenters. The lowest BCUT2D eigenvalue weighted by molar-refractivity contribution is -0.138. The second-order valence-electron chi connectivity index (χ2n) is 15.0. The quantitative estimate of drug-likeness (QED) is 0.0628. The number of rotatable bonds is 24. The molecule has 0 fully saturated rings. The van der Waals surface area contributed by atoms with E-state index in [1.807, 2.05) is 88.5 Å². The smallest absolute Gasteiger partial charge is 0.322 e.